The highest BCUT2D eigenvalue weighted by molar-refractivity contribution is 5.90. The Kier molecular flexibility index (Phi) is 4.58. The van der Waals surface area contributed by atoms with E-state index in [1.807, 2.05) is 0 Å². The number of urea groups is 1. The average Bonchev–Trinajstić information content (AvgIpc) is 3.25. The Morgan fingerprint density at radius 3 is 2.38 bits per heavy atom. The van der Waals surface area contributed by atoms with Gasteiger partial charge in [0, 0.05) is 25.0 Å². The van der Waals surface area contributed by atoms with Crippen LogP contribution >= 0.6 is 0 Å². The number of benzene rings is 1. The zero-order valence-corrected chi connectivity index (χ0v) is 13.3. The minimum Gasteiger partial charge on any atom is -0.481 e. The van der Waals surface area contributed by atoms with Crippen molar-refractivity contribution in [2.45, 2.75) is 6.18 Å². The van der Waals surface area contributed by atoms with E-state index in [-0.39, 0.29) is 0 Å². The molecule has 0 spiro atoms. The maximum absolute atomic E-state index is 13.0. The molecule has 2 heterocycles. The second-order valence-corrected chi connectivity index (χ2v) is 5.98. The summed E-state index contributed by atoms with van der Waals surface area (Å²) in [5.74, 6) is -5.30. The molecule has 1 fully saturated rings. The Bertz CT molecular complexity index is 790. The van der Waals surface area contributed by atoms with Gasteiger partial charge in [-0.3, -0.25) is 9.89 Å². The largest absolute Gasteiger partial charge is 0.481 e. The number of aliphatic carboxylic acids is 1. The minimum absolute atomic E-state index is 0.389. The third kappa shape index (κ3) is 3.63. The number of likely N-dealkylation sites (tertiary alicyclic amines) is 1. The molecule has 1 aromatic carbocycles. The topological polar surface area (TPSA) is 98.3 Å². The molecule has 1 aromatic heterocycles. The van der Waals surface area contributed by atoms with E-state index >= 15 is 0 Å². The van der Waals surface area contributed by atoms with E-state index in [0.29, 0.717) is 5.69 Å². The number of aromatic amines is 1. The summed E-state index contributed by atoms with van der Waals surface area (Å²) in [5.41, 5.74) is 1.99. The second kappa shape index (κ2) is 6.70. The lowest BCUT2D eigenvalue weighted by atomic mass is 9.96. The van der Waals surface area contributed by atoms with Crippen molar-refractivity contribution in [3.8, 4) is 11.3 Å². The maximum Gasteiger partial charge on any atom is 0.394 e. The van der Waals surface area contributed by atoms with Crippen LogP contribution in [-0.4, -0.2) is 51.5 Å². The molecule has 1 saturated heterocycles. The summed E-state index contributed by atoms with van der Waals surface area (Å²) in [7, 11) is 0. The Morgan fingerprint density at radius 2 is 1.88 bits per heavy atom. The molecule has 0 radical (unpaired) electrons. The van der Waals surface area contributed by atoms with E-state index in [1.165, 1.54) is 0 Å². The van der Waals surface area contributed by atoms with E-state index in [2.05, 4.69) is 15.5 Å². The molecule has 10 heteroatoms. The quantitative estimate of drug-likeness (QED) is 0.776. The van der Waals surface area contributed by atoms with Crippen LogP contribution in [0.3, 0.4) is 0 Å². The molecule has 2 amide bonds. The Hall–Kier alpha value is -3.04. The van der Waals surface area contributed by atoms with Crippen molar-refractivity contribution in [3.05, 3.63) is 36.5 Å². The van der Waals surface area contributed by atoms with Crippen molar-refractivity contribution in [1.82, 2.24) is 15.1 Å². The lowest BCUT2D eigenvalue weighted by Gasteiger charge is -2.18. The number of nitrogens with one attached hydrogen (secondary N) is 2. The third-order valence-corrected chi connectivity index (χ3v) is 4.29. The van der Waals surface area contributed by atoms with Gasteiger partial charge >= 0.3 is 18.2 Å². The molecule has 0 bridgehead atoms. The zero-order valence-electron chi connectivity index (χ0n) is 13.3. The fourth-order valence-electron chi connectivity index (χ4n) is 2.90. The Morgan fingerprint density at radius 1 is 1.19 bits per heavy atom. The summed E-state index contributed by atoms with van der Waals surface area (Å²) in [6.45, 7) is -1.17. The first kappa shape index (κ1) is 17.8. The van der Waals surface area contributed by atoms with Crippen molar-refractivity contribution in [2.75, 3.05) is 18.4 Å². The lowest BCUT2D eigenvalue weighted by Crippen LogP contribution is -2.35. The van der Waals surface area contributed by atoms with E-state index in [0.717, 1.165) is 16.2 Å². The minimum atomic E-state index is -4.68. The predicted molar refractivity (Wildman–Crippen MR) is 85.3 cm³/mol. The van der Waals surface area contributed by atoms with Crippen LogP contribution in [0.2, 0.25) is 0 Å². The molecule has 7 nitrogen and oxygen atoms in total. The standard InChI is InChI=1S/C16H15F3N4O3/c17-16(18,19)12-8-23(7-11(12)14(24)25)15(26)21-10-3-1-9(2-4-10)13-5-6-20-22-13/h1-6,11-12H,7-8H2,(H,20,22)(H,21,26)(H,24,25)/t11-,12-/m1/s1. The highest BCUT2D eigenvalue weighted by Crippen LogP contribution is 2.37. The molecular weight excluding hydrogens is 353 g/mol. The number of carbonyl (C=O) groups excluding carboxylic acids is 1. The van der Waals surface area contributed by atoms with Gasteiger partial charge in [0.15, 0.2) is 0 Å². The molecule has 138 valence electrons. The van der Waals surface area contributed by atoms with Gasteiger partial charge in [0.05, 0.1) is 17.5 Å². The average molecular weight is 368 g/mol. The zero-order chi connectivity index (χ0) is 18.9. The number of halogens is 3. The van der Waals surface area contributed by atoms with Crippen molar-refractivity contribution in [1.29, 1.82) is 0 Å². The van der Waals surface area contributed by atoms with Crippen LogP contribution in [0.25, 0.3) is 11.3 Å². The molecule has 2 atom stereocenters. The van der Waals surface area contributed by atoms with Gasteiger partial charge < -0.3 is 15.3 Å². The van der Waals surface area contributed by atoms with Crippen molar-refractivity contribution in [3.63, 3.8) is 0 Å². The number of hydrogen-bond acceptors (Lipinski definition) is 3. The Labute approximate surface area is 145 Å². The third-order valence-electron chi connectivity index (χ3n) is 4.29. The number of alkyl halides is 3. The van der Waals surface area contributed by atoms with Crippen molar-refractivity contribution < 1.29 is 27.9 Å². The number of nitrogens with zero attached hydrogens (tertiary/aromatic N) is 2. The molecule has 2 aromatic rings. The number of carbonyl (C=O) groups is 2. The van der Waals surface area contributed by atoms with Gasteiger partial charge in [0.25, 0.3) is 0 Å². The van der Waals surface area contributed by atoms with E-state index in [1.54, 1.807) is 36.5 Å². The highest BCUT2D eigenvalue weighted by Gasteiger charge is 2.53. The van der Waals surface area contributed by atoms with Gasteiger partial charge in [-0.05, 0) is 23.8 Å². The van der Waals surface area contributed by atoms with Crippen LogP contribution in [0.15, 0.2) is 36.5 Å². The summed E-state index contributed by atoms with van der Waals surface area (Å²) < 4.78 is 39.0. The predicted octanol–water partition coefficient (Wildman–Crippen LogP) is 2.80. The van der Waals surface area contributed by atoms with E-state index in [9.17, 15) is 22.8 Å². The fourth-order valence-corrected chi connectivity index (χ4v) is 2.90. The number of amides is 2. The van der Waals surface area contributed by atoms with Crippen molar-refractivity contribution >= 4 is 17.7 Å². The van der Waals surface area contributed by atoms with Crippen LogP contribution < -0.4 is 5.32 Å². The van der Waals surface area contributed by atoms with Crippen molar-refractivity contribution in [2.24, 2.45) is 11.8 Å². The first-order valence-corrected chi connectivity index (χ1v) is 7.71. The van der Waals surface area contributed by atoms with Crippen LogP contribution in [0.1, 0.15) is 0 Å². The van der Waals surface area contributed by atoms with Gasteiger partial charge in [-0.1, -0.05) is 12.1 Å². The van der Waals surface area contributed by atoms with Crippen LogP contribution in [-0.2, 0) is 4.79 Å². The van der Waals surface area contributed by atoms with Gasteiger partial charge in [0.1, 0.15) is 0 Å². The van der Waals surface area contributed by atoms with Crippen LogP contribution in [0, 0.1) is 11.8 Å². The van der Waals surface area contributed by atoms with E-state index in [4.69, 9.17) is 5.11 Å². The number of hydrogen-bond donors (Lipinski definition) is 3. The molecule has 3 rings (SSSR count). The summed E-state index contributed by atoms with van der Waals surface area (Å²) >= 11 is 0. The number of carboxylic acids is 1. The van der Waals surface area contributed by atoms with Crippen LogP contribution in [0.4, 0.5) is 23.7 Å². The molecule has 1 aliphatic heterocycles. The van der Waals surface area contributed by atoms with Gasteiger partial charge in [-0.2, -0.15) is 18.3 Å². The van der Waals surface area contributed by atoms with E-state index < -0.39 is 43.1 Å². The fraction of sp³-hybridized carbons (Fsp3) is 0.312. The van der Waals surface area contributed by atoms with Gasteiger partial charge in [-0.25, -0.2) is 4.79 Å². The molecule has 0 unspecified atom stereocenters. The molecule has 1 aliphatic rings. The number of rotatable bonds is 3. The Balaban J connectivity index is 1.67. The van der Waals surface area contributed by atoms with Gasteiger partial charge in [0.2, 0.25) is 0 Å². The summed E-state index contributed by atoms with van der Waals surface area (Å²) in [4.78, 5) is 24.2. The molecule has 3 N–H and O–H groups in total. The molecule has 26 heavy (non-hydrogen) atoms. The first-order valence-electron chi connectivity index (χ1n) is 7.71. The van der Waals surface area contributed by atoms with Gasteiger partial charge in [-0.15, -0.1) is 0 Å². The number of carboxylic acid groups (broad SMARTS) is 1. The normalized spacial score (nSPS) is 20.2. The number of H-pyrrole nitrogens is 1. The summed E-state index contributed by atoms with van der Waals surface area (Å²) in [5, 5.41) is 18.1. The SMILES string of the molecule is O=C(O)[C@@H]1CN(C(=O)Nc2ccc(-c3ccn[nH]3)cc2)C[C@H]1C(F)(F)F. The summed E-state index contributed by atoms with van der Waals surface area (Å²) in [6, 6.07) is 7.62. The summed E-state index contributed by atoms with van der Waals surface area (Å²) in [6.07, 6.45) is -3.09. The second-order valence-electron chi connectivity index (χ2n) is 5.98. The number of aromatic nitrogens is 2. The molecular formula is C16H15F3N4O3. The van der Waals surface area contributed by atoms with Crippen LogP contribution in [0.5, 0.6) is 0 Å². The maximum atomic E-state index is 13.0. The smallest absolute Gasteiger partial charge is 0.394 e. The first-order chi connectivity index (χ1) is 12.3. The lowest BCUT2D eigenvalue weighted by molar-refractivity contribution is -0.187. The monoisotopic (exact) mass is 368 g/mol. The highest BCUT2D eigenvalue weighted by atomic mass is 19.4. The molecule has 0 aliphatic carbocycles. The molecule has 0 saturated carbocycles. The number of anilines is 1.